The highest BCUT2D eigenvalue weighted by Gasteiger charge is 2.23. The maximum Gasteiger partial charge on any atom is 0.307 e. The number of oxime groups is 1. The molecular formula is C27H29F2N5O3. The molecule has 4 rings (SSSR count). The molecule has 0 bridgehead atoms. The van der Waals surface area contributed by atoms with Crippen LogP contribution in [0.1, 0.15) is 38.2 Å². The second-order valence-corrected chi connectivity index (χ2v) is 9.07. The molecule has 1 N–H and O–H groups in total. The summed E-state index contributed by atoms with van der Waals surface area (Å²) in [7, 11) is 0. The van der Waals surface area contributed by atoms with E-state index in [9.17, 15) is 13.6 Å². The summed E-state index contributed by atoms with van der Waals surface area (Å²) in [4.78, 5) is 31.6. The first-order valence-corrected chi connectivity index (χ1v) is 12.3. The van der Waals surface area contributed by atoms with E-state index in [0.29, 0.717) is 65.7 Å². The minimum Gasteiger partial charge on any atom is -0.481 e. The van der Waals surface area contributed by atoms with Crippen molar-refractivity contribution in [1.82, 2.24) is 9.97 Å². The number of nitrogens with zero attached hydrogens (tertiary/aromatic N) is 5. The molecule has 1 aliphatic rings. The second kappa shape index (κ2) is 11.9. The third-order valence-electron chi connectivity index (χ3n) is 6.44. The second-order valence-electron chi connectivity index (χ2n) is 9.07. The summed E-state index contributed by atoms with van der Waals surface area (Å²) in [6.45, 7) is 7.46. The van der Waals surface area contributed by atoms with Crippen LogP contribution >= 0.6 is 0 Å². The Morgan fingerprint density at radius 1 is 1.19 bits per heavy atom. The van der Waals surface area contributed by atoms with Crippen LogP contribution in [-0.2, 0) is 16.1 Å². The number of hydrogen-bond donors (Lipinski definition) is 1. The summed E-state index contributed by atoms with van der Waals surface area (Å²) >= 11 is 0. The predicted octanol–water partition coefficient (Wildman–Crippen LogP) is 5.25. The van der Waals surface area contributed by atoms with Gasteiger partial charge >= 0.3 is 5.97 Å². The highest BCUT2D eigenvalue weighted by atomic mass is 19.1. The molecule has 37 heavy (non-hydrogen) atoms. The molecule has 0 spiro atoms. The molecule has 0 aliphatic carbocycles. The van der Waals surface area contributed by atoms with Crippen molar-refractivity contribution in [2.24, 2.45) is 16.1 Å². The Morgan fingerprint density at radius 2 is 1.97 bits per heavy atom. The first-order chi connectivity index (χ1) is 17.9. The summed E-state index contributed by atoms with van der Waals surface area (Å²) in [5.74, 6) is -0.661. The van der Waals surface area contributed by atoms with Crippen molar-refractivity contribution in [2.45, 2.75) is 39.0 Å². The van der Waals surface area contributed by atoms with Crippen LogP contribution < -0.4 is 4.90 Å². The van der Waals surface area contributed by atoms with Gasteiger partial charge in [-0.3, -0.25) is 9.79 Å². The van der Waals surface area contributed by atoms with Gasteiger partial charge < -0.3 is 14.8 Å². The standard InChI is InChI=1S/C27H29F2N5O3/c1-3-4-24(37-30-2)31-15-17-7-9-34(10-8-17)27-22-14-19(28)13-21(26(22)32-16-33-27)20-6-5-18(11-23(20)29)12-25(35)36/h5-6,11,13-14,16-17H,2-4,7-10,12,15H2,1H3,(H,35,36). The minimum atomic E-state index is -1.06. The summed E-state index contributed by atoms with van der Waals surface area (Å²) in [5, 5.41) is 13.0. The lowest BCUT2D eigenvalue weighted by Crippen LogP contribution is -2.35. The van der Waals surface area contributed by atoms with Crippen molar-refractivity contribution in [2.75, 3.05) is 24.5 Å². The highest BCUT2D eigenvalue weighted by molar-refractivity contribution is 5.99. The number of aliphatic carboxylic acids is 1. The van der Waals surface area contributed by atoms with E-state index in [0.717, 1.165) is 25.3 Å². The van der Waals surface area contributed by atoms with E-state index in [4.69, 9.17) is 9.94 Å². The first kappa shape index (κ1) is 26.1. The van der Waals surface area contributed by atoms with E-state index in [1.54, 1.807) is 0 Å². The van der Waals surface area contributed by atoms with Gasteiger partial charge in [-0.25, -0.2) is 18.7 Å². The number of anilines is 1. The summed E-state index contributed by atoms with van der Waals surface area (Å²) in [6, 6.07) is 6.77. The summed E-state index contributed by atoms with van der Waals surface area (Å²) in [6.07, 6.45) is 4.47. The predicted molar refractivity (Wildman–Crippen MR) is 139 cm³/mol. The molecule has 0 amide bonds. The smallest absolute Gasteiger partial charge is 0.307 e. The average molecular weight is 510 g/mol. The van der Waals surface area contributed by atoms with Gasteiger partial charge in [0.25, 0.3) is 0 Å². The van der Waals surface area contributed by atoms with Crippen molar-refractivity contribution >= 4 is 35.3 Å². The molecule has 0 saturated carbocycles. The third kappa shape index (κ3) is 6.25. The maximum absolute atomic E-state index is 15.0. The van der Waals surface area contributed by atoms with Crippen LogP contribution in [0.25, 0.3) is 22.0 Å². The normalized spacial score (nSPS) is 14.7. The van der Waals surface area contributed by atoms with Gasteiger partial charge in [0, 0.05) is 49.3 Å². The monoisotopic (exact) mass is 509 g/mol. The Bertz CT molecular complexity index is 1320. The van der Waals surface area contributed by atoms with Gasteiger partial charge in [0.2, 0.25) is 5.90 Å². The third-order valence-corrected chi connectivity index (χ3v) is 6.44. The Morgan fingerprint density at radius 3 is 2.65 bits per heavy atom. The fourth-order valence-electron chi connectivity index (χ4n) is 4.64. The molecule has 1 aliphatic heterocycles. The number of halogens is 2. The van der Waals surface area contributed by atoms with Crippen LogP contribution in [0.3, 0.4) is 0 Å². The van der Waals surface area contributed by atoms with Crippen LogP contribution in [0.15, 0.2) is 46.8 Å². The number of carbonyl (C=O) groups is 1. The molecule has 0 radical (unpaired) electrons. The molecule has 0 unspecified atom stereocenters. The van der Waals surface area contributed by atoms with Crippen molar-refractivity contribution in [3.8, 4) is 11.1 Å². The molecule has 194 valence electrons. The fraction of sp³-hybridized carbons (Fsp3) is 0.370. The topological polar surface area (TPSA) is 100 Å². The van der Waals surface area contributed by atoms with Crippen LogP contribution in [0.5, 0.6) is 0 Å². The number of carboxylic acid groups (broad SMARTS) is 1. The number of hydrogen-bond acceptors (Lipinski definition) is 7. The van der Waals surface area contributed by atoms with Crippen LogP contribution in [-0.4, -0.2) is 53.3 Å². The lowest BCUT2D eigenvalue weighted by atomic mass is 9.96. The van der Waals surface area contributed by atoms with Gasteiger partial charge in [-0.05, 0) is 48.9 Å². The number of fused-ring (bicyclic) bond motifs is 1. The van der Waals surface area contributed by atoms with Crippen LogP contribution in [0, 0.1) is 17.6 Å². The molecule has 0 atom stereocenters. The Hall–Kier alpha value is -3.95. The Labute approximate surface area is 213 Å². The number of piperidine rings is 1. The zero-order valence-corrected chi connectivity index (χ0v) is 20.7. The van der Waals surface area contributed by atoms with E-state index in [1.165, 1.54) is 30.6 Å². The van der Waals surface area contributed by atoms with Crippen molar-refractivity contribution in [3.05, 3.63) is 53.9 Å². The Kier molecular flexibility index (Phi) is 8.37. The van der Waals surface area contributed by atoms with Gasteiger partial charge in [-0.15, -0.1) is 0 Å². The molecule has 2 heterocycles. The molecule has 2 aromatic carbocycles. The number of carboxylic acids is 1. The number of aliphatic imine (C=N–C) groups is 1. The maximum atomic E-state index is 15.0. The van der Waals surface area contributed by atoms with Crippen molar-refractivity contribution < 1.29 is 23.5 Å². The van der Waals surface area contributed by atoms with E-state index in [-0.39, 0.29) is 12.0 Å². The van der Waals surface area contributed by atoms with E-state index >= 15 is 0 Å². The van der Waals surface area contributed by atoms with E-state index in [1.807, 2.05) is 6.92 Å². The van der Waals surface area contributed by atoms with Crippen LogP contribution in [0.2, 0.25) is 0 Å². The SMILES string of the molecule is C=NOC(CCC)=NCC1CCN(c2ncnc3c(-c4ccc(CC(=O)O)cc4F)cc(F)cc23)CC1. The zero-order chi connectivity index (χ0) is 26.4. The minimum absolute atomic E-state index is 0.152. The van der Waals surface area contributed by atoms with Crippen molar-refractivity contribution in [3.63, 3.8) is 0 Å². The number of benzene rings is 2. The van der Waals surface area contributed by atoms with Gasteiger partial charge in [-0.1, -0.05) is 24.2 Å². The highest BCUT2D eigenvalue weighted by Crippen LogP contribution is 2.35. The van der Waals surface area contributed by atoms with Gasteiger partial charge in [-0.2, -0.15) is 0 Å². The largest absolute Gasteiger partial charge is 0.481 e. The zero-order valence-electron chi connectivity index (χ0n) is 20.7. The fourth-order valence-corrected chi connectivity index (χ4v) is 4.64. The quantitative estimate of drug-likeness (QED) is 0.240. The van der Waals surface area contributed by atoms with Gasteiger partial charge in [0.05, 0.1) is 11.9 Å². The molecule has 8 nitrogen and oxygen atoms in total. The van der Waals surface area contributed by atoms with Crippen molar-refractivity contribution in [1.29, 1.82) is 0 Å². The number of rotatable bonds is 9. The molecule has 1 aromatic heterocycles. The molecule has 10 heteroatoms. The van der Waals surface area contributed by atoms with E-state index < -0.39 is 17.6 Å². The lowest BCUT2D eigenvalue weighted by molar-refractivity contribution is -0.136. The number of aromatic nitrogens is 2. The van der Waals surface area contributed by atoms with Gasteiger partial charge in [0.15, 0.2) is 0 Å². The van der Waals surface area contributed by atoms with Crippen LogP contribution in [0.4, 0.5) is 14.6 Å². The molecular weight excluding hydrogens is 480 g/mol. The van der Waals surface area contributed by atoms with Gasteiger partial charge in [0.1, 0.15) is 23.8 Å². The average Bonchev–Trinajstić information content (AvgIpc) is 2.87. The summed E-state index contributed by atoms with van der Waals surface area (Å²) < 4.78 is 29.7. The molecule has 1 saturated heterocycles. The lowest BCUT2D eigenvalue weighted by Gasteiger charge is -2.32. The molecule has 3 aromatic rings. The first-order valence-electron chi connectivity index (χ1n) is 12.3. The summed E-state index contributed by atoms with van der Waals surface area (Å²) in [5.41, 5.74) is 1.20. The Balaban J connectivity index is 1.58. The van der Waals surface area contributed by atoms with E-state index in [2.05, 4.69) is 31.7 Å². The molecule has 1 fully saturated rings.